The third-order valence-corrected chi connectivity index (χ3v) is 3.73. The van der Waals surface area contributed by atoms with Crippen LogP contribution in [0.15, 0.2) is 47.3 Å². The Bertz CT molecular complexity index is 982. The van der Waals surface area contributed by atoms with Crippen LogP contribution < -0.4 is 10.3 Å². The Labute approximate surface area is 130 Å². The second-order valence-electron chi connectivity index (χ2n) is 5.25. The summed E-state index contributed by atoms with van der Waals surface area (Å²) in [5.41, 5.74) is 0.964. The minimum absolute atomic E-state index is 0.00822. The lowest BCUT2D eigenvalue weighted by Crippen LogP contribution is -2.20. The Morgan fingerprint density at radius 3 is 2.87 bits per heavy atom. The molecule has 2 aromatic carbocycles. The second-order valence-corrected chi connectivity index (χ2v) is 5.25. The van der Waals surface area contributed by atoms with E-state index in [1.54, 1.807) is 18.2 Å². The van der Waals surface area contributed by atoms with Crippen molar-refractivity contribution in [3.63, 3.8) is 0 Å². The molecule has 0 fully saturated rings. The molecule has 0 saturated carbocycles. The van der Waals surface area contributed by atoms with Crippen LogP contribution in [0.1, 0.15) is 11.1 Å². The molecular weight excluding hydrogens is 299 g/mol. The number of para-hydroxylation sites is 1. The number of H-pyrrole nitrogens is 1. The first-order valence-corrected chi connectivity index (χ1v) is 6.99. The summed E-state index contributed by atoms with van der Waals surface area (Å²) in [6, 6.07) is 10.7. The van der Waals surface area contributed by atoms with E-state index in [4.69, 9.17) is 4.74 Å². The molecule has 0 aliphatic carbocycles. The van der Waals surface area contributed by atoms with Gasteiger partial charge in [-0.3, -0.25) is 4.79 Å². The zero-order chi connectivity index (χ0) is 16.0. The fourth-order valence-corrected chi connectivity index (χ4v) is 2.60. The number of aromatic hydroxyl groups is 1. The smallest absolute Gasteiger partial charge is 0.258 e. The average Bonchev–Trinajstić information content (AvgIpc) is 2.54. The molecule has 1 aliphatic rings. The maximum absolute atomic E-state index is 13.3. The lowest BCUT2D eigenvalue weighted by Gasteiger charge is -2.19. The molecule has 1 aromatic heterocycles. The van der Waals surface area contributed by atoms with Crippen LogP contribution in [0, 0.1) is 5.82 Å². The molecule has 0 atom stereocenters. The van der Waals surface area contributed by atoms with E-state index in [1.165, 1.54) is 24.3 Å². The zero-order valence-electron chi connectivity index (χ0n) is 11.8. The Morgan fingerprint density at radius 1 is 1.22 bits per heavy atom. The lowest BCUT2D eigenvalue weighted by atomic mass is 10.0. The Hall–Kier alpha value is -3.15. The standard InChI is InChI=1S/C17H11FN2O3/c18-10-5-6-14-9(7-10)8-12-16(22)19-15(20-17(12)23-14)11-3-1-2-4-13(11)21/h1-7,21H,8H2,(H,19,20,22). The van der Waals surface area contributed by atoms with Gasteiger partial charge in [0.1, 0.15) is 23.1 Å². The number of fused-ring (bicyclic) bond motifs is 2. The number of hydrogen-bond donors (Lipinski definition) is 2. The number of nitrogens with one attached hydrogen (secondary N) is 1. The highest BCUT2D eigenvalue weighted by Crippen LogP contribution is 2.35. The molecule has 1 aliphatic heterocycles. The Balaban J connectivity index is 1.85. The summed E-state index contributed by atoms with van der Waals surface area (Å²) in [4.78, 5) is 19.2. The summed E-state index contributed by atoms with van der Waals surface area (Å²) in [6.07, 6.45) is 0.242. The first-order chi connectivity index (χ1) is 11.1. The minimum Gasteiger partial charge on any atom is -0.507 e. The number of aromatic amines is 1. The summed E-state index contributed by atoms with van der Waals surface area (Å²) in [7, 11) is 0. The fraction of sp³-hybridized carbons (Fsp3) is 0.0588. The molecule has 0 amide bonds. The third kappa shape index (κ3) is 2.24. The quantitative estimate of drug-likeness (QED) is 0.567. The molecule has 3 aromatic rings. The average molecular weight is 310 g/mol. The van der Waals surface area contributed by atoms with Gasteiger partial charge in [-0.15, -0.1) is 0 Å². The van der Waals surface area contributed by atoms with Gasteiger partial charge in [0.25, 0.3) is 5.56 Å². The van der Waals surface area contributed by atoms with E-state index < -0.39 is 0 Å². The van der Waals surface area contributed by atoms with Gasteiger partial charge < -0.3 is 14.8 Å². The molecule has 23 heavy (non-hydrogen) atoms. The summed E-state index contributed by atoms with van der Waals surface area (Å²) >= 11 is 0. The molecule has 0 bridgehead atoms. The lowest BCUT2D eigenvalue weighted by molar-refractivity contribution is 0.435. The van der Waals surface area contributed by atoms with E-state index in [0.29, 0.717) is 22.4 Å². The Kier molecular flexibility index (Phi) is 2.90. The van der Waals surface area contributed by atoms with Gasteiger partial charge in [0.15, 0.2) is 0 Å². The van der Waals surface area contributed by atoms with Crippen LogP contribution in [0.25, 0.3) is 11.4 Å². The van der Waals surface area contributed by atoms with Crippen molar-refractivity contribution in [1.82, 2.24) is 9.97 Å². The number of benzene rings is 2. The van der Waals surface area contributed by atoms with Gasteiger partial charge in [-0.25, -0.2) is 4.39 Å². The first-order valence-electron chi connectivity index (χ1n) is 6.99. The van der Waals surface area contributed by atoms with Crippen LogP contribution in [-0.4, -0.2) is 15.1 Å². The van der Waals surface area contributed by atoms with E-state index in [-0.39, 0.29) is 35.3 Å². The predicted molar refractivity (Wildman–Crippen MR) is 81.2 cm³/mol. The van der Waals surface area contributed by atoms with Crippen molar-refractivity contribution in [1.29, 1.82) is 0 Å². The van der Waals surface area contributed by atoms with Crippen molar-refractivity contribution < 1.29 is 14.2 Å². The van der Waals surface area contributed by atoms with Crippen LogP contribution >= 0.6 is 0 Å². The zero-order valence-corrected chi connectivity index (χ0v) is 11.8. The molecule has 0 saturated heterocycles. The second kappa shape index (κ2) is 4.95. The van der Waals surface area contributed by atoms with Gasteiger partial charge in [-0.05, 0) is 30.3 Å². The maximum atomic E-state index is 13.3. The molecule has 6 heteroatoms. The fourth-order valence-electron chi connectivity index (χ4n) is 2.60. The summed E-state index contributed by atoms with van der Waals surface area (Å²) in [5.74, 6) is 0.489. The number of aromatic nitrogens is 2. The Morgan fingerprint density at radius 2 is 2.04 bits per heavy atom. The number of hydrogen-bond acceptors (Lipinski definition) is 4. The highest BCUT2D eigenvalue weighted by molar-refractivity contribution is 5.64. The highest BCUT2D eigenvalue weighted by Gasteiger charge is 2.23. The molecular formula is C17H11FN2O3. The number of nitrogens with zero attached hydrogens (tertiary/aromatic N) is 1. The van der Waals surface area contributed by atoms with Crippen LogP contribution in [-0.2, 0) is 6.42 Å². The monoisotopic (exact) mass is 310 g/mol. The minimum atomic E-state index is -0.383. The van der Waals surface area contributed by atoms with Crippen LogP contribution in [0.4, 0.5) is 4.39 Å². The molecule has 114 valence electrons. The van der Waals surface area contributed by atoms with Gasteiger partial charge in [-0.1, -0.05) is 12.1 Å². The largest absolute Gasteiger partial charge is 0.507 e. The van der Waals surface area contributed by atoms with Crippen molar-refractivity contribution in [3.05, 3.63) is 69.8 Å². The normalized spacial score (nSPS) is 12.2. The van der Waals surface area contributed by atoms with Crippen LogP contribution in [0.3, 0.4) is 0 Å². The number of rotatable bonds is 1. The topological polar surface area (TPSA) is 75.2 Å². The van der Waals surface area contributed by atoms with Gasteiger partial charge in [-0.2, -0.15) is 4.98 Å². The van der Waals surface area contributed by atoms with Crippen molar-refractivity contribution in [2.24, 2.45) is 0 Å². The maximum Gasteiger partial charge on any atom is 0.258 e. The molecule has 0 unspecified atom stereocenters. The highest BCUT2D eigenvalue weighted by atomic mass is 19.1. The number of ether oxygens (including phenoxy) is 1. The van der Waals surface area contributed by atoms with E-state index in [0.717, 1.165) is 0 Å². The van der Waals surface area contributed by atoms with Crippen molar-refractivity contribution in [2.45, 2.75) is 6.42 Å². The van der Waals surface area contributed by atoms with E-state index in [2.05, 4.69) is 9.97 Å². The third-order valence-electron chi connectivity index (χ3n) is 3.73. The first kappa shape index (κ1) is 13.5. The van der Waals surface area contributed by atoms with Gasteiger partial charge in [0.05, 0.1) is 11.1 Å². The van der Waals surface area contributed by atoms with Gasteiger partial charge in [0, 0.05) is 12.0 Å². The molecule has 0 spiro atoms. The SMILES string of the molecule is O=c1[nH]c(-c2ccccc2O)nc2c1Cc1cc(F)ccc1O2. The predicted octanol–water partition coefficient (Wildman–Crippen LogP) is 2.98. The van der Waals surface area contributed by atoms with Crippen LogP contribution in [0.5, 0.6) is 17.4 Å². The number of phenolic OH excluding ortho intramolecular Hbond substituents is 1. The summed E-state index contributed by atoms with van der Waals surface area (Å²) < 4.78 is 19.0. The molecule has 0 radical (unpaired) electrons. The molecule has 5 nitrogen and oxygen atoms in total. The van der Waals surface area contributed by atoms with Gasteiger partial charge >= 0.3 is 0 Å². The summed E-state index contributed by atoms with van der Waals surface area (Å²) in [5, 5.41) is 9.90. The number of phenols is 1. The summed E-state index contributed by atoms with van der Waals surface area (Å²) in [6.45, 7) is 0. The van der Waals surface area contributed by atoms with Gasteiger partial charge in [0.2, 0.25) is 5.88 Å². The molecule has 2 N–H and O–H groups in total. The van der Waals surface area contributed by atoms with Crippen molar-refractivity contribution in [3.8, 4) is 28.8 Å². The molecule has 2 heterocycles. The van der Waals surface area contributed by atoms with Crippen molar-refractivity contribution in [2.75, 3.05) is 0 Å². The van der Waals surface area contributed by atoms with E-state index >= 15 is 0 Å². The molecule has 4 rings (SSSR count). The van der Waals surface area contributed by atoms with E-state index in [1.807, 2.05) is 0 Å². The van der Waals surface area contributed by atoms with E-state index in [9.17, 15) is 14.3 Å². The van der Waals surface area contributed by atoms with Crippen molar-refractivity contribution >= 4 is 0 Å². The number of halogens is 1. The van der Waals surface area contributed by atoms with Crippen LogP contribution in [0.2, 0.25) is 0 Å².